The topological polar surface area (TPSA) is 26.3 Å². The normalized spacial score (nSPS) is 26.9. The molecule has 1 atom stereocenters. The summed E-state index contributed by atoms with van der Waals surface area (Å²) in [4.78, 5) is 10.3. The molecule has 0 aromatic carbocycles. The lowest BCUT2D eigenvalue weighted by atomic mass is 10.4. The summed E-state index contributed by atoms with van der Waals surface area (Å²) in [5, 5.41) is -0.257. The molecule has 0 bridgehead atoms. The first kappa shape index (κ1) is 5.52. The standard InChI is InChI=1S/C5H4O2S/c1-2-4-3-8-5(6)7-4/h1,4H,3H2. The Bertz CT molecular complexity index is 147. The number of carbonyl (C=O) groups is 1. The van der Waals surface area contributed by atoms with E-state index in [1.165, 1.54) is 0 Å². The molecule has 0 spiro atoms. The lowest BCUT2D eigenvalue weighted by molar-refractivity contribution is 0.168. The van der Waals surface area contributed by atoms with E-state index in [9.17, 15) is 4.79 Å². The highest BCUT2D eigenvalue weighted by atomic mass is 32.2. The molecule has 42 valence electrons. The van der Waals surface area contributed by atoms with Crippen molar-refractivity contribution in [2.75, 3.05) is 5.75 Å². The smallest absolute Gasteiger partial charge is 0.368 e. The van der Waals surface area contributed by atoms with Gasteiger partial charge >= 0.3 is 5.30 Å². The maximum absolute atomic E-state index is 10.3. The Morgan fingerprint density at radius 2 is 2.75 bits per heavy atom. The van der Waals surface area contributed by atoms with Gasteiger partial charge in [-0.15, -0.1) is 6.42 Å². The van der Waals surface area contributed by atoms with Gasteiger partial charge in [0.05, 0.1) is 5.75 Å². The summed E-state index contributed by atoms with van der Waals surface area (Å²) in [6, 6.07) is 0. The number of carbonyl (C=O) groups excluding carboxylic acids is 1. The SMILES string of the molecule is C#CC1CSC(=O)O1. The summed E-state index contributed by atoms with van der Waals surface area (Å²) in [5.41, 5.74) is 0. The van der Waals surface area contributed by atoms with Crippen LogP contribution in [0.3, 0.4) is 0 Å². The zero-order valence-corrected chi connectivity index (χ0v) is 4.90. The molecule has 0 aromatic heterocycles. The molecule has 1 fully saturated rings. The molecule has 8 heavy (non-hydrogen) atoms. The molecule has 2 nitrogen and oxygen atoms in total. The van der Waals surface area contributed by atoms with Gasteiger partial charge in [-0.1, -0.05) is 5.92 Å². The molecular formula is C5H4O2S. The summed E-state index contributed by atoms with van der Waals surface area (Å²) in [5.74, 6) is 2.94. The molecule has 1 heterocycles. The molecule has 1 aliphatic heterocycles. The maximum atomic E-state index is 10.3. The Morgan fingerprint density at radius 1 is 2.00 bits per heavy atom. The molecule has 0 aromatic rings. The predicted molar refractivity (Wildman–Crippen MR) is 31.6 cm³/mol. The second-order valence-electron chi connectivity index (χ2n) is 1.33. The van der Waals surface area contributed by atoms with Gasteiger partial charge in [0.1, 0.15) is 0 Å². The van der Waals surface area contributed by atoms with Crippen molar-refractivity contribution in [1.82, 2.24) is 0 Å². The summed E-state index contributed by atoms with van der Waals surface area (Å²) in [7, 11) is 0. The number of rotatable bonds is 0. The van der Waals surface area contributed by atoms with Crippen molar-refractivity contribution in [3.63, 3.8) is 0 Å². The highest BCUT2D eigenvalue weighted by Crippen LogP contribution is 2.18. The van der Waals surface area contributed by atoms with Crippen LogP contribution in [0.2, 0.25) is 0 Å². The van der Waals surface area contributed by atoms with Crippen molar-refractivity contribution in [2.24, 2.45) is 0 Å². The minimum Gasteiger partial charge on any atom is -0.440 e. The number of cyclic esters (lactones) is 1. The van der Waals surface area contributed by atoms with Crippen LogP contribution >= 0.6 is 11.8 Å². The molecule has 1 rings (SSSR count). The number of ether oxygens (including phenoxy) is 1. The van der Waals surface area contributed by atoms with E-state index in [0.717, 1.165) is 11.8 Å². The van der Waals surface area contributed by atoms with E-state index in [1.54, 1.807) is 0 Å². The fraction of sp³-hybridized carbons (Fsp3) is 0.400. The molecule has 0 aliphatic carbocycles. The van der Waals surface area contributed by atoms with Crippen molar-refractivity contribution in [1.29, 1.82) is 0 Å². The lowest BCUT2D eigenvalue weighted by Crippen LogP contribution is -2.04. The Morgan fingerprint density at radius 3 is 3.00 bits per heavy atom. The van der Waals surface area contributed by atoms with E-state index < -0.39 is 0 Å². The van der Waals surface area contributed by atoms with Crippen molar-refractivity contribution >= 4 is 17.1 Å². The van der Waals surface area contributed by atoms with Gasteiger partial charge in [-0.25, -0.2) is 4.79 Å². The van der Waals surface area contributed by atoms with Gasteiger partial charge < -0.3 is 4.74 Å². The molecule has 1 aliphatic rings. The highest BCUT2D eigenvalue weighted by molar-refractivity contribution is 8.13. The number of hydrogen-bond acceptors (Lipinski definition) is 3. The number of thioether (sulfide) groups is 1. The summed E-state index contributed by atoms with van der Waals surface area (Å²) in [6.45, 7) is 0. The largest absolute Gasteiger partial charge is 0.440 e. The van der Waals surface area contributed by atoms with E-state index in [4.69, 9.17) is 6.42 Å². The molecular weight excluding hydrogens is 124 g/mol. The molecule has 3 heteroatoms. The van der Waals surface area contributed by atoms with Crippen molar-refractivity contribution in [2.45, 2.75) is 6.10 Å². The first-order valence-electron chi connectivity index (χ1n) is 2.12. The summed E-state index contributed by atoms with van der Waals surface area (Å²) < 4.78 is 4.60. The zero-order chi connectivity index (χ0) is 5.98. The van der Waals surface area contributed by atoms with Crippen LogP contribution in [0.4, 0.5) is 4.79 Å². The van der Waals surface area contributed by atoms with E-state index in [-0.39, 0.29) is 11.4 Å². The molecule has 0 amide bonds. The second kappa shape index (κ2) is 2.10. The highest BCUT2D eigenvalue weighted by Gasteiger charge is 2.21. The molecule has 1 saturated heterocycles. The van der Waals surface area contributed by atoms with Crippen LogP contribution in [0.5, 0.6) is 0 Å². The third-order valence-electron chi connectivity index (χ3n) is 0.777. The zero-order valence-electron chi connectivity index (χ0n) is 4.09. The van der Waals surface area contributed by atoms with Gasteiger partial charge in [0, 0.05) is 0 Å². The van der Waals surface area contributed by atoms with Gasteiger partial charge in [0.15, 0.2) is 6.10 Å². The summed E-state index contributed by atoms with van der Waals surface area (Å²) >= 11 is 1.13. The summed E-state index contributed by atoms with van der Waals surface area (Å²) in [6.07, 6.45) is 4.67. The monoisotopic (exact) mass is 128 g/mol. The Labute approximate surface area is 51.6 Å². The van der Waals surface area contributed by atoms with Crippen molar-refractivity contribution in [3.8, 4) is 12.3 Å². The van der Waals surface area contributed by atoms with Crippen LogP contribution in [0.25, 0.3) is 0 Å². The van der Waals surface area contributed by atoms with E-state index in [2.05, 4.69) is 10.7 Å². The van der Waals surface area contributed by atoms with Gasteiger partial charge in [0.2, 0.25) is 0 Å². The van der Waals surface area contributed by atoms with Crippen LogP contribution in [0.15, 0.2) is 0 Å². The van der Waals surface area contributed by atoms with E-state index >= 15 is 0 Å². The van der Waals surface area contributed by atoms with E-state index in [0.29, 0.717) is 5.75 Å². The Balaban J connectivity index is 2.47. The Kier molecular flexibility index (Phi) is 1.45. The van der Waals surface area contributed by atoms with Gasteiger partial charge in [-0.05, 0) is 11.8 Å². The number of hydrogen-bond donors (Lipinski definition) is 0. The third-order valence-corrected chi connectivity index (χ3v) is 1.58. The van der Waals surface area contributed by atoms with E-state index in [1.807, 2.05) is 0 Å². The first-order chi connectivity index (χ1) is 3.83. The molecule has 0 N–H and O–H groups in total. The molecule has 0 radical (unpaired) electrons. The average molecular weight is 128 g/mol. The Hall–Kier alpha value is -0.620. The minimum absolute atomic E-state index is 0.257. The maximum Gasteiger partial charge on any atom is 0.368 e. The van der Waals surface area contributed by atoms with Crippen LogP contribution in [0, 0.1) is 12.3 Å². The quantitative estimate of drug-likeness (QED) is 0.357. The van der Waals surface area contributed by atoms with Crippen LogP contribution < -0.4 is 0 Å². The fourth-order valence-corrected chi connectivity index (χ4v) is 1.05. The van der Waals surface area contributed by atoms with Crippen molar-refractivity contribution < 1.29 is 9.53 Å². The number of terminal acetylenes is 1. The fourth-order valence-electron chi connectivity index (χ4n) is 0.410. The van der Waals surface area contributed by atoms with Crippen LogP contribution in [-0.4, -0.2) is 17.2 Å². The first-order valence-corrected chi connectivity index (χ1v) is 3.11. The average Bonchev–Trinajstić information content (AvgIpc) is 2.14. The third kappa shape index (κ3) is 0.958. The molecule has 0 saturated carbocycles. The predicted octanol–water partition coefficient (Wildman–Crippen LogP) is 0.872. The van der Waals surface area contributed by atoms with Crippen LogP contribution in [0.1, 0.15) is 0 Å². The van der Waals surface area contributed by atoms with Gasteiger partial charge in [-0.3, -0.25) is 0 Å². The van der Waals surface area contributed by atoms with Crippen molar-refractivity contribution in [3.05, 3.63) is 0 Å². The second-order valence-corrected chi connectivity index (χ2v) is 2.29. The van der Waals surface area contributed by atoms with Crippen LogP contribution in [-0.2, 0) is 4.74 Å². The van der Waals surface area contributed by atoms with Gasteiger partial charge in [-0.2, -0.15) is 0 Å². The molecule has 1 unspecified atom stereocenters. The minimum atomic E-state index is -0.285. The van der Waals surface area contributed by atoms with Gasteiger partial charge in [0.25, 0.3) is 0 Å². The lowest BCUT2D eigenvalue weighted by Gasteiger charge is -1.93.